The van der Waals surface area contributed by atoms with E-state index in [0.29, 0.717) is 31.1 Å². The van der Waals surface area contributed by atoms with E-state index in [1.54, 1.807) is 12.0 Å². The summed E-state index contributed by atoms with van der Waals surface area (Å²) in [7, 11) is 1.60. The second kappa shape index (κ2) is 8.12. The summed E-state index contributed by atoms with van der Waals surface area (Å²) < 4.78 is 11.1. The molecule has 27 heavy (non-hydrogen) atoms. The molecule has 0 radical (unpaired) electrons. The van der Waals surface area contributed by atoms with Gasteiger partial charge in [0.1, 0.15) is 6.04 Å². The predicted molar refractivity (Wildman–Crippen MR) is 103 cm³/mol. The Morgan fingerprint density at radius 2 is 1.93 bits per heavy atom. The van der Waals surface area contributed by atoms with E-state index in [1.807, 2.05) is 49.4 Å². The molecular weight excluding hydrogens is 344 g/mol. The van der Waals surface area contributed by atoms with Gasteiger partial charge in [-0.3, -0.25) is 9.59 Å². The molecule has 0 saturated heterocycles. The van der Waals surface area contributed by atoms with Crippen molar-refractivity contribution >= 4 is 17.5 Å². The highest BCUT2D eigenvalue weighted by atomic mass is 16.5. The number of hydrogen-bond donors (Lipinski definition) is 1. The average molecular weight is 368 g/mol. The molecule has 0 aliphatic carbocycles. The van der Waals surface area contributed by atoms with Crippen LogP contribution in [0.15, 0.2) is 42.5 Å². The Morgan fingerprint density at radius 1 is 1.19 bits per heavy atom. The van der Waals surface area contributed by atoms with Crippen LogP contribution in [-0.4, -0.2) is 32.1 Å². The van der Waals surface area contributed by atoms with Crippen molar-refractivity contribution < 1.29 is 19.1 Å². The van der Waals surface area contributed by atoms with E-state index in [2.05, 4.69) is 5.32 Å². The smallest absolute Gasteiger partial charge is 0.254 e. The molecule has 1 unspecified atom stereocenters. The lowest BCUT2D eigenvalue weighted by molar-refractivity contribution is -0.126. The van der Waals surface area contributed by atoms with Crippen molar-refractivity contribution in [3.8, 4) is 11.5 Å². The Balaban J connectivity index is 1.66. The third kappa shape index (κ3) is 4.05. The minimum atomic E-state index is -0.618. The van der Waals surface area contributed by atoms with Crippen LogP contribution in [0.4, 0.5) is 5.69 Å². The van der Waals surface area contributed by atoms with Crippen LogP contribution in [-0.2, 0) is 9.59 Å². The van der Waals surface area contributed by atoms with Crippen LogP contribution in [0, 0.1) is 6.92 Å². The number of anilines is 1. The summed E-state index contributed by atoms with van der Waals surface area (Å²) in [5.74, 6) is 1.03. The fourth-order valence-electron chi connectivity index (χ4n) is 3.27. The van der Waals surface area contributed by atoms with Gasteiger partial charge in [-0.1, -0.05) is 29.8 Å². The van der Waals surface area contributed by atoms with Crippen molar-refractivity contribution in [1.82, 2.24) is 5.32 Å². The molecule has 0 saturated carbocycles. The molecular formula is C21H24N2O4. The number of para-hydroxylation sites is 2. The van der Waals surface area contributed by atoms with Crippen molar-refractivity contribution in [2.75, 3.05) is 25.2 Å². The number of nitrogens with one attached hydrogen (secondary N) is 1. The van der Waals surface area contributed by atoms with E-state index in [0.717, 1.165) is 16.8 Å². The van der Waals surface area contributed by atoms with Crippen molar-refractivity contribution in [3.63, 3.8) is 0 Å². The van der Waals surface area contributed by atoms with Gasteiger partial charge in [0.15, 0.2) is 11.5 Å². The molecule has 142 valence electrons. The molecule has 2 aromatic rings. The molecule has 1 heterocycles. The maximum Gasteiger partial charge on any atom is 0.254 e. The Morgan fingerprint density at radius 3 is 2.63 bits per heavy atom. The lowest BCUT2D eigenvalue weighted by atomic mass is 10.1. The molecule has 2 amide bonds. The first kappa shape index (κ1) is 18.8. The van der Waals surface area contributed by atoms with Gasteiger partial charge in [0.25, 0.3) is 5.91 Å². The average Bonchev–Trinajstić information content (AvgIpc) is 2.90. The molecule has 3 rings (SSSR count). The van der Waals surface area contributed by atoms with Crippen molar-refractivity contribution in [1.29, 1.82) is 0 Å². The van der Waals surface area contributed by atoms with Gasteiger partial charge in [0.2, 0.25) is 5.91 Å². The maximum atomic E-state index is 12.8. The van der Waals surface area contributed by atoms with Gasteiger partial charge in [-0.15, -0.1) is 0 Å². The normalized spacial score (nSPS) is 15.4. The number of nitrogens with zero attached hydrogens (tertiary/aromatic N) is 1. The van der Waals surface area contributed by atoms with Crippen LogP contribution in [0.1, 0.15) is 30.5 Å². The number of methoxy groups -OCH3 is 1. The van der Waals surface area contributed by atoms with Crippen LogP contribution in [0.3, 0.4) is 0 Å². The largest absolute Gasteiger partial charge is 0.493 e. The summed E-state index contributed by atoms with van der Waals surface area (Å²) in [6.07, 6.45) is 0.657. The van der Waals surface area contributed by atoms with Crippen molar-refractivity contribution in [2.45, 2.75) is 26.3 Å². The number of fused-ring (bicyclic) bond motifs is 1. The maximum absolute atomic E-state index is 12.8. The van der Waals surface area contributed by atoms with Crippen LogP contribution in [0.5, 0.6) is 11.5 Å². The van der Waals surface area contributed by atoms with Crippen LogP contribution >= 0.6 is 0 Å². The topological polar surface area (TPSA) is 67.9 Å². The van der Waals surface area contributed by atoms with Crippen LogP contribution < -0.4 is 19.7 Å². The Hall–Kier alpha value is -3.02. The van der Waals surface area contributed by atoms with Gasteiger partial charge in [-0.25, -0.2) is 0 Å². The molecule has 0 bridgehead atoms. The van der Waals surface area contributed by atoms with Gasteiger partial charge in [-0.05, 0) is 31.5 Å². The lowest BCUT2D eigenvalue weighted by Gasteiger charge is -2.18. The minimum Gasteiger partial charge on any atom is -0.493 e. The molecule has 0 fully saturated rings. The number of hydrogen-bond acceptors (Lipinski definition) is 4. The zero-order chi connectivity index (χ0) is 19.4. The number of carbonyl (C=O) groups is 2. The third-order valence-corrected chi connectivity index (χ3v) is 4.50. The van der Waals surface area contributed by atoms with Crippen LogP contribution in [0.25, 0.3) is 0 Å². The van der Waals surface area contributed by atoms with E-state index >= 15 is 0 Å². The number of aryl methyl sites for hydroxylation is 1. The minimum absolute atomic E-state index is 0.108. The summed E-state index contributed by atoms with van der Waals surface area (Å²) in [6.45, 7) is 4.36. The molecule has 0 spiro atoms. The molecule has 1 aliphatic rings. The Bertz CT molecular complexity index is 850. The summed E-state index contributed by atoms with van der Waals surface area (Å²) in [5, 5.41) is 2.76. The highest BCUT2D eigenvalue weighted by Gasteiger charge is 2.37. The number of ether oxygens (including phenoxy) is 2. The zero-order valence-electron chi connectivity index (χ0n) is 15.8. The van der Waals surface area contributed by atoms with E-state index in [4.69, 9.17) is 9.47 Å². The summed E-state index contributed by atoms with van der Waals surface area (Å²) in [6, 6.07) is 12.7. The van der Waals surface area contributed by atoms with E-state index in [1.165, 1.54) is 6.92 Å². The van der Waals surface area contributed by atoms with Gasteiger partial charge >= 0.3 is 0 Å². The summed E-state index contributed by atoms with van der Waals surface area (Å²) in [5.41, 5.74) is 2.75. The molecule has 6 nitrogen and oxygen atoms in total. The quantitative estimate of drug-likeness (QED) is 0.763. The van der Waals surface area contributed by atoms with Gasteiger partial charge < -0.3 is 19.7 Å². The highest BCUT2D eigenvalue weighted by molar-refractivity contribution is 6.06. The number of carbonyl (C=O) groups excluding carboxylic acids is 2. The Labute approximate surface area is 159 Å². The molecule has 1 atom stereocenters. The number of benzene rings is 2. The fraction of sp³-hybridized carbons (Fsp3) is 0.333. The summed E-state index contributed by atoms with van der Waals surface area (Å²) in [4.78, 5) is 26.1. The second-order valence-corrected chi connectivity index (χ2v) is 6.54. The van der Waals surface area contributed by atoms with Gasteiger partial charge in [0, 0.05) is 24.7 Å². The molecule has 6 heteroatoms. The first-order valence-electron chi connectivity index (χ1n) is 8.96. The Kier molecular flexibility index (Phi) is 5.64. The van der Waals surface area contributed by atoms with Crippen molar-refractivity contribution in [3.05, 3.63) is 53.6 Å². The van der Waals surface area contributed by atoms with Gasteiger partial charge in [-0.2, -0.15) is 0 Å². The second-order valence-electron chi connectivity index (χ2n) is 6.54. The molecule has 0 aromatic heterocycles. The van der Waals surface area contributed by atoms with E-state index in [-0.39, 0.29) is 11.8 Å². The van der Waals surface area contributed by atoms with Gasteiger partial charge in [0.05, 0.1) is 13.7 Å². The standard InChI is InChI=1S/C21H24N2O4/c1-14-9-10-17-16(13-14)20(22-15(2)24)21(25)23(17)11-6-12-27-19-8-5-4-7-18(19)26-3/h4-5,7-10,13,20H,6,11-12H2,1-3H3,(H,22,24). The van der Waals surface area contributed by atoms with Crippen molar-refractivity contribution in [2.24, 2.45) is 0 Å². The SMILES string of the molecule is COc1ccccc1OCCCN1C(=O)C(NC(C)=O)c2cc(C)ccc21. The number of amides is 2. The molecule has 2 aromatic carbocycles. The van der Waals surface area contributed by atoms with E-state index < -0.39 is 6.04 Å². The number of rotatable bonds is 7. The van der Waals surface area contributed by atoms with Crippen LogP contribution in [0.2, 0.25) is 0 Å². The van der Waals surface area contributed by atoms with E-state index in [9.17, 15) is 9.59 Å². The first-order valence-corrected chi connectivity index (χ1v) is 8.96. The molecule has 1 aliphatic heterocycles. The zero-order valence-corrected chi connectivity index (χ0v) is 15.8. The third-order valence-electron chi connectivity index (χ3n) is 4.50. The highest BCUT2D eigenvalue weighted by Crippen LogP contribution is 2.36. The molecule has 1 N–H and O–H groups in total. The fourth-order valence-corrected chi connectivity index (χ4v) is 3.27. The monoisotopic (exact) mass is 368 g/mol. The summed E-state index contributed by atoms with van der Waals surface area (Å²) >= 11 is 0. The first-order chi connectivity index (χ1) is 13.0. The lowest BCUT2D eigenvalue weighted by Crippen LogP contribution is -2.37. The predicted octanol–water partition coefficient (Wildman–Crippen LogP) is 3.00.